The van der Waals surface area contributed by atoms with E-state index in [0.717, 1.165) is 31.5 Å². The van der Waals surface area contributed by atoms with Gasteiger partial charge in [0.2, 0.25) is 0 Å². The van der Waals surface area contributed by atoms with Gasteiger partial charge < -0.3 is 10.0 Å². The highest BCUT2D eigenvalue weighted by molar-refractivity contribution is 5.81. The summed E-state index contributed by atoms with van der Waals surface area (Å²) >= 11 is 0. The Bertz CT molecular complexity index is 549. The SMILES string of the molecule is N#Cc1ccccc1N1CC2CCCC2C1C(=O)O. The lowest BCUT2D eigenvalue weighted by atomic mass is 9.94. The number of nitriles is 1. The van der Waals surface area contributed by atoms with Gasteiger partial charge in [-0.1, -0.05) is 18.6 Å². The molecule has 1 aromatic rings. The molecule has 1 aliphatic heterocycles. The molecule has 3 unspecified atom stereocenters. The quantitative estimate of drug-likeness (QED) is 0.881. The van der Waals surface area contributed by atoms with Gasteiger partial charge in [-0.3, -0.25) is 0 Å². The number of benzene rings is 1. The Morgan fingerprint density at radius 2 is 2.16 bits per heavy atom. The lowest BCUT2D eigenvalue weighted by Crippen LogP contribution is -2.40. The first-order chi connectivity index (χ1) is 9.22. The van der Waals surface area contributed by atoms with Crippen molar-refractivity contribution >= 4 is 11.7 Å². The number of hydrogen-bond donors (Lipinski definition) is 1. The van der Waals surface area contributed by atoms with E-state index < -0.39 is 12.0 Å². The van der Waals surface area contributed by atoms with E-state index in [9.17, 15) is 15.2 Å². The first kappa shape index (κ1) is 12.0. The van der Waals surface area contributed by atoms with Crippen molar-refractivity contribution in [3.8, 4) is 6.07 Å². The van der Waals surface area contributed by atoms with Crippen LogP contribution in [0.5, 0.6) is 0 Å². The van der Waals surface area contributed by atoms with Crippen molar-refractivity contribution in [3.05, 3.63) is 29.8 Å². The predicted octanol–water partition coefficient (Wildman–Crippen LogP) is 2.25. The highest BCUT2D eigenvalue weighted by Crippen LogP contribution is 2.44. The summed E-state index contributed by atoms with van der Waals surface area (Å²) in [5.41, 5.74) is 1.33. The molecule has 3 atom stereocenters. The second-order valence-electron chi connectivity index (χ2n) is 5.42. The van der Waals surface area contributed by atoms with Crippen LogP contribution in [0.4, 0.5) is 5.69 Å². The molecule has 1 saturated carbocycles. The number of carboxylic acid groups (broad SMARTS) is 1. The van der Waals surface area contributed by atoms with E-state index in [1.54, 1.807) is 6.07 Å². The molecular weight excluding hydrogens is 240 g/mol. The number of hydrogen-bond acceptors (Lipinski definition) is 3. The zero-order valence-corrected chi connectivity index (χ0v) is 10.6. The number of fused-ring (bicyclic) bond motifs is 1. The predicted molar refractivity (Wildman–Crippen MR) is 70.8 cm³/mol. The molecule has 1 saturated heterocycles. The fraction of sp³-hybridized carbons (Fsp3) is 0.467. The summed E-state index contributed by atoms with van der Waals surface area (Å²) < 4.78 is 0. The van der Waals surface area contributed by atoms with Crippen molar-refractivity contribution < 1.29 is 9.90 Å². The molecule has 2 fully saturated rings. The van der Waals surface area contributed by atoms with E-state index >= 15 is 0 Å². The third kappa shape index (κ3) is 1.86. The maximum atomic E-state index is 11.6. The zero-order chi connectivity index (χ0) is 13.4. The highest BCUT2D eigenvalue weighted by Gasteiger charge is 2.48. The molecule has 1 heterocycles. The van der Waals surface area contributed by atoms with Crippen LogP contribution in [0.15, 0.2) is 24.3 Å². The number of para-hydroxylation sites is 1. The minimum atomic E-state index is -0.762. The number of carbonyl (C=O) groups is 1. The Morgan fingerprint density at radius 3 is 2.89 bits per heavy atom. The largest absolute Gasteiger partial charge is 0.480 e. The number of aliphatic carboxylic acids is 1. The van der Waals surface area contributed by atoms with Gasteiger partial charge in [-0.2, -0.15) is 5.26 Å². The van der Waals surface area contributed by atoms with Crippen molar-refractivity contribution in [2.45, 2.75) is 25.3 Å². The summed E-state index contributed by atoms with van der Waals surface area (Å²) in [6.07, 6.45) is 3.24. The highest BCUT2D eigenvalue weighted by atomic mass is 16.4. The average molecular weight is 256 g/mol. The maximum Gasteiger partial charge on any atom is 0.326 e. The standard InChI is InChI=1S/C15H16N2O2/c16-8-10-4-1-2-7-13(10)17-9-11-5-3-6-12(11)14(17)15(18)19/h1-2,4,7,11-12,14H,3,5-6,9H2,(H,18,19). The summed E-state index contributed by atoms with van der Waals surface area (Å²) in [5.74, 6) is -0.0563. The fourth-order valence-electron chi connectivity index (χ4n) is 3.69. The smallest absolute Gasteiger partial charge is 0.326 e. The minimum Gasteiger partial charge on any atom is -0.480 e. The first-order valence-corrected chi connectivity index (χ1v) is 6.71. The molecule has 0 spiro atoms. The molecule has 1 aromatic carbocycles. The molecule has 4 nitrogen and oxygen atoms in total. The third-order valence-electron chi connectivity index (χ3n) is 4.48. The molecule has 19 heavy (non-hydrogen) atoms. The van der Waals surface area contributed by atoms with Crippen LogP contribution in [0.1, 0.15) is 24.8 Å². The van der Waals surface area contributed by atoms with E-state index in [1.165, 1.54) is 0 Å². The van der Waals surface area contributed by atoms with Crippen LogP contribution in [-0.4, -0.2) is 23.7 Å². The van der Waals surface area contributed by atoms with Crippen LogP contribution in [0, 0.1) is 23.2 Å². The molecule has 1 N–H and O–H groups in total. The molecule has 2 aliphatic rings. The van der Waals surface area contributed by atoms with E-state index in [1.807, 2.05) is 23.1 Å². The van der Waals surface area contributed by atoms with Crippen molar-refractivity contribution in [3.63, 3.8) is 0 Å². The second kappa shape index (κ2) is 4.58. The van der Waals surface area contributed by atoms with E-state index in [2.05, 4.69) is 6.07 Å². The van der Waals surface area contributed by atoms with Gasteiger partial charge >= 0.3 is 5.97 Å². The average Bonchev–Trinajstić information content (AvgIpc) is 2.97. The summed E-state index contributed by atoms with van der Waals surface area (Å²) in [6, 6.07) is 8.98. The monoisotopic (exact) mass is 256 g/mol. The number of carboxylic acids is 1. The molecule has 0 amide bonds. The Kier molecular flexibility index (Phi) is 2.90. The minimum absolute atomic E-state index is 0.240. The van der Waals surface area contributed by atoms with Crippen molar-refractivity contribution in [1.29, 1.82) is 5.26 Å². The van der Waals surface area contributed by atoms with Crippen LogP contribution < -0.4 is 4.90 Å². The van der Waals surface area contributed by atoms with Crippen LogP contribution in [-0.2, 0) is 4.79 Å². The van der Waals surface area contributed by atoms with Gasteiger partial charge in [0.05, 0.1) is 11.3 Å². The summed E-state index contributed by atoms with van der Waals surface area (Å²) in [4.78, 5) is 13.5. The molecule has 0 aromatic heterocycles. The molecule has 98 valence electrons. The van der Waals surface area contributed by atoms with Crippen LogP contribution in [0.2, 0.25) is 0 Å². The first-order valence-electron chi connectivity index (χ1n) is 6.71. The Morgan fingerprint density at radius 1 is 1.37 bits per heavy atom. The number of rotatable bonds is 2. The van der Waals surface area contributed by atoms with Crippen molar-refractivity contribution in [1.82, 2.24) is 0 Å². The van der Waals surface area contributed by atoms with Gasteiger partial charge in [-0.05, 0) is 36.8 Å². The van der Waals surface area contributed by atoms with E-state index in [4.69, 9.17) is 0 Å². The number of nitrogens with zero attached hydrogens (tertiary/aromatic N) is 2. The van der Waals surface area contributed by atoms with Gasteiger partial charge in [0.25, 0.3) is 0 Å². The zero-order valence-electron chi connectivity index (χ0n) is 10.6. The molecule has 1 aliphatic carbocycles. The molecule has 0 radical (unpaired) electrons. The normalized spacial score (nSPS) is 29.0. The van der Waals surface area contributed by atoms with Gasteiger partial charge in [-0.25, -0.2) is 4.79 Å². The van der Waals surface area contributed by atoms with Gasteiger partial charge in [0.1, 0.15) is 12.1 Å². The van der Waals surface area contributed by atoms with Crippen LogP contribution >= 0.6 is 0 Å². The van der Waals surface area contributed by atoms with Crippen LogP contribution in [0.3, 0.4) is 0 Å². The molecular formula is C15H16N2O2. The van der Waals surface area contributed by atoms with Crippen molar-refractivity contribution in [2.24, 2.45) is 11.8 Å². The topological polar surface area (TPSA) is 64.3 Å². The van der Waals surface area contributed by atoms with Crippen LogP contribution in [0.25, 0.3) is 0 Å². The lowest BCUT2D eigenvalue weighted by molar-refractivity contribution is -0.139. The van der Waals surface area contributed by atoms with Gasteiger partial charge in [0, 0.05) is 6.54 Å². The summed E-state index contributed by atoms with van der Waals surface area (Å²) in [6.45, 7) is 0.764. The van der Waals surface area contributed by atoms with Crippen molar-refractivity contribution in [2.75, 3.05) is 11.4 Å². The van der Waals surface area contributed by atoms with Gasteiger partial charge in [-0.15, -0.1) is 0 Å². The maximum absolute atomic E-state index is 11.6. The molecule has 3 rings (SSSR count). The third-order valence-corrected chi connectivity index (χ3v) is 4.48. The van der Waals surface area contributed by atoms with E-state index in [-0.39, 0.29) is 5.92 Å². The Hall–Kier alpha value is -2.02. The van der Waals surface area contributed by atoms with Gasteiger partial charge in [0.15, 0.2) is 0 Å². The number of anilines is 1. The summed E-state index contributed by atoms with van der Waals surface area (Å²) in [5, 5.41) is 18.7. The fourth-order valence-corrected chi connectivity index (χ4v) is 3.69. The molecule has 0 bridgehead atoms. The Labute approximate surface area is 112 Å². The second-order valence-corrected chi connectivity index (χ2v) is 5.42. The lowest BCUT2D eigenvalue weighted by Gasteiger charge is -2.27. The summed E-state index contributed by atoms with van der Waals surface area (Å²) in [7, 11) is 0. The molecule has 4 heteroatoms. The van der Waals surface area contributed by atoms with E-state index in [0.29, 0.717) is 11.5 Å². The Balaban J connectivity index is 2.00.